The summed E-state index contributed by atoms with van der Waals surface area (Å²) in [6.07, 6.45) is 1.20. The highest BCUT2D eigenvalue weighted by molar-refractivity contribution is 5.76. The van der Waals surface area contributed by atoms with Crippen molar-refractivity contribution < 1.29 is 9.53 Å². The highest BCUT2D eigenvalue weighted by atomic mass is 16.5. The smallest absolute Gasteiger partial charge is 0.220 e. The molecule has 0 bridgehead atoms. The summed E-state index contributed by atoms with van der Waals surface area (Å²) in [5.74, 6) is 0.830. The Morgan fingerprint density at radius 1 is 1.53 bits per heavy atom. The summed E-state index contributed by atoms with van der Waals surface area (Å²) in [6, 6.07) is 7.67. The fraction of sp³-hybridized carbons (Fsp3) is 0.462. The van der Waals surface area contributed by atoms with Crippen molar-refractivity contribution in [2.75, 3.05) is 13.7 Å². The summed E-state index contributed by atoms with van der Waals surface area (Å²) >= 11 is 0. The van der Waals surface area contributed by atoms with E-state index >= 15 is 0 Å². The second-order valence-corrected chi connectivity index (χ2v) is 3.96. The van der Waals surface area contributed by atoms with E-state index in [2.05, 4.69) is 5.32 Å². The first kappa shape index (κ1) is 13.5. The van der Waals surface area contributed by atoms with E-state index < -0.39 is 0 Å². The molecule has 94 valence electrons. The van der Waals surface area contributed by atoms with E-state index in [0.717, 1.165) is 17.7 Å². The zero-order valence-electron chi connectivity index (χ0n) is 10.4. The van der Waals surface area contributed by atoms with Gasteiger partial charge in [-0.1, -0.05) is 12.1 Å². The number of carbonyl (C=O) groups is 1. The van der Waals surface area contributed by atoms with Gasteiger partial charge in [0.05, 0.1) is 13.2 Å². The molecule has 17 heavy (non-hydrogen) atoms. The van der Waals surface area contributed by atoms with Crippen molar-refractivity contribution in [3.05, 3.63) is 29.8 Å². The molecule has 0 aliphatic carbocycles. The molecule has 0 unspecified atom stereocenters. The number of hydrogen-bond donors (Lipinski definition) is 2. The number of methoxy groups -OCH3 is 1. The van der Waals surface area contributed by atoms with E-state index in [0.29, 0.717) is 13.0 Å². The third-order valence-electron chi connectivity index (χ3n) is 2.58. The van der Waals surface area contributed by atoms with Gasteiger partial charge in [0.15, 0.2) is 0 Å². The quantitative estimate of drug-likeness (QED) is 0.788. The molecular formula is C13H20N2O2. The molecule has 0 aromatic heterocycles. The molecule has 0 spiro atoms. The van der Waals surface area contributed by atoms with E-state index in [9.17, 15) is 4.79 Å². The number of rotatable bonds is 6. The third-order valence-corrected chi connectivity index (χ3v) is 2.58. The molecule has 1 aromatic carbocycles. The molecule has 0 radical (unpaired) electrons. The standard InChI is InChI=1S/C13H20N2O2/c1-10(15-13(16)7-4-8-14)11-5-3-6-12(9-11)17-2/h3,5-6,9-10H,4,7-8,14H2,1-2H3,(H,15,16)/t10-/m1/s1. The van der Waals surface area contributed by atoms with Crippen molar-refractivity contribution in [2.24, 2.45) is 5.73 Å². The molecule has 0 saturated heterocycles. The van der Waals surface area contributed by atoms with E-state index in [1.54, 1.807) is 7.11 Å². The van der Waals surface area contributed by atoms with Crippen LogP contribution in [0, 0.1) is 0 Å². The van der Waals surface area contributed by atoms with Crippen LogP contribution in [0.2, 0.25) is 0 Å². The molecule has 0 aliphatic heterocycles. The number of benzene rings is 1. The van der Waals surface area contributed by atoms with E-state index in [-0.39, 0.29) is 11.9 Å². The normalized spacial score (nSPS) is 11.9. The lowest BCUT2D eigenvalue weighted by molar-refractivity contribution is -0.121. The molecule has 0 heterocycles. The van der Waals surface area contributed by atoms with Gasteiger partial charge in [-0.15, -0.1) is 0 Å². The zero-order chi connectivity index (χ0) is 12.7. The van der Waals surface area contributed by atoms with E-state index in [1.807, 2.05) is 31.2 Å². The Hall–Kier alpha value is -1.55. The lowest BCUT2D eigenvalue weighted by atomic mass is 10.1. The van der Waals surface area contributed by atoms with E-state index in [4.69, 9.17) is 10.5 Å². The fourth-order valence-electron chi connectivity index (χ4n) is 1.57. The van der Waals surface area contributed by atoms with Gasteiger partial charge in [-0.25, -0.2) is 0 Å². The highest BCUT2D eigenvalue weighted by Crippen LogP contribution is 2.18. The summed E-state index contributed by atoms with van der Waals surface area (Å²) in [4.78, 5) is 11.5. The average Bonchev–Trinajstić information content (AvgIpc) is 2.36. The Morgan fingerprint density at radius 2 is 2.29 bits per heavy atom. The van der Waals surface area contributed by atoms with Crippen LogP contribution in [0.1, 0.15) is 31.4 Å². The Balaban J connectivity index is 2.56. The first-order chi connectivity index (χ1) is 8.17. The van der Waals surface area contributed by atoms with Crippen LogP contribution in [-0.4, -0.2) is 19.6 Å². The number of ether oxygens (including phenoxy) is 1. The SMILES string of the molecule is COc1cccc([C@@H](C)NC(=O)CCCN)c1. The Bertz CT molecular complexity index is 366. The summed E-state index contributed by atoms with van der Waals surface area (Å²) < 4.78 is 5.15. The number of nitrogens with two attached hydrogens (primary N) is 1. The van der Waals surface area contributed by atoms with Crippen molar-refractivity contribution in [1.29, 1.82) is 0 Å². The first-order valence-corrected chi connectivity index (χ1v) is 5.80. The maximum atomic E-state index is 11.5. The lowest BCUT2D eigenvalue weighted by Gasteiger charge is -2.15. The minimum atomic E-state index is -0.0182. The van der Waals surface area contributed by atoms with Gasteiger partial charge in [0.1, 0.15) is 5.75 Å². The monoisotopic (exact) mass is 236 g/mol. The van der Waals surface area contributed by atoms with Gasteiger partial charge in [-0.05, 0) is 37.6 Å². The van der Waals surface area contributed by atoms with Gasteiger partial charge in [0, 0.05) is 6.42 Å². The molecule has 4 heteroatoms. The third kappa shape index (κ3) is 4.44. The van der Waals surface area contributed by atoms with Gasteiger partial charge in [0.25, 0.3) is 0 Å². The van der Waals surface area contributed by atoms with Crippen LogP contribution in [0.3, 0.4) is 0 Å². The average molecular weight is 236 g/mol. The topological polar surface area (TPSA) is 64.3 Å². The van der Waals surface area contributed by atoms with Gasteiger partial charge in [-0.3, -0.25) is 4.79 Å². The second kappa shape index (κ2) is 6.91. The van der Waals surface area contributed by atoms with Gasteiger partial charge >= 0.3 is 0 Å². The predicted molar refractivity (Wildman–Crippen MR) is 67.8 cm³/mol. The van der Waals surface area contributed by atoms with Crippen LogP contribution in [-0.2, 0) is 4.79 Å². The second-order valence-electron chi connectivity index (χ2n) is 3.96. The van der Waals surface area contributed by atoms with Crippen LogP contribution < -0.4 is 15.8 Å². The van der Waals surface area contributed by atoms with Crippen LogP contribution in [0.25, 0.3) is 0 Å². The molecule has 4 nitrogen and oxygen atoms in total. The molecule has 1 amide bonds. The molecule has 0 aliphatic rings. The summed E-state index contributed by atoms with van der Waals surface area (Å²) in [5, 5.41) is 2.93. The first-order valence-electron chi connectivity index (χ1n) is 5.80. The Labute approximate surface area is 102 Å². The van der Waals surface area contributed by atoms with Crippen LogP contribution in [0.4, 0.5) is 0 Å². The number of hydrogen-bond acceptors (Lipinski definition) is 3. The van der Waals surface area contributed by atoms with Crippen molar-refractivity contribution in [1.82, 2.24) is 5.32 Å². The molecule has 1 atom stereocenters. The molecule has 1 aromatic rings. The summed E-state index contributed by atoms with van der Waals surface area (Å²) in [6.45, 7) is 2.50. The van der Waals surface area contributed by atoms with E-state index in [1.165, 1.54) is 0 Å². The summed E-state index contributed by atoms with van der Waals surface area (Å²) in [5.41, 5.74) is 6.39. The number of amides is 1. The molecule has 0 saturated carbocycles. The minimum absolute atomic E-state index is 0.0182. The van der Waals surface area contributed by atoms with Crippen LogP contribution in [0.5, 0.6) is 5.75 Å². The fourth-order valence-corrected chi connectivity index (χ4v) is 1.57. The molecule has 0 fully saturated rings. The van der Waals surface area contributed by atoms with Crippen molar-refractivity contribution in [3.63, 3.8) is 0 Å². The van der Waals surface area contributed by atoms with Crippen molar-refractivity contribution in [2.45, 2.75) is 25.8 Å². The maximum absolute atomic E-state index is 11.5. The Morgan fingerprint density at radius 3 is 2.94 bits per heavy atom. The summed E-state index contributed by atoms with van der Waals surface area (Å²) in [7, 11) is 1.63. The van der Waals surface area contributed by atoms with Gasteiger partial charge < -0.3 is 15.8 Å². The van der Waals surface area contributed by atoms with Crippen molar-refractivity contribution >= 4 is 5.91 Å². The number of carbonyl (C=O) groups excluding carboxylic acids is 1. The molecule has 1 rings (SSSR count). The van der Waals surface area contributed by atoms with Crippen LogP contribution in [0.15, 0.2) is 24.3 Å². The Kier molecular flexibility index (Phi) is 5.49. The molecule has 3 N–H and O–H groups in total. The predicted octanol–water partition coefficient (Wildman–Crippen LogP) is 1.61. The van der Waals surface area contributed by atoms with Crippen molar-refractivity contribution in [3.8, 4) is 5.75 Å². The van der Waals surface area contributed by atoms with Gasteiger partial charge in [-0.2, -0.15) is 0 Å². The highest BCUT2D eigenvalue weighted by Gasteiger charge is 2.09. The maximum Gasteiger partial charge on any atom is 0.220 e. The molecular weight excluding hydrogens is 216 g/mol. The van der Waals surface area contributed by atoms with Crippen LogP contribution >= 0.6 is 0 Å². The largest absolute Gasteiger partial charge is 0.497 e. The minimum Gasteiger partial charge on any atom is -0.497 e. The van der Waals surface area contributed by atoms with Gasteiger partial charge in [0.2, 0.25) is 5.91 Å². The number of nitrogens with one attached hydrogen (secondary N) is 1. The zero-order valence-corrected chi connectivity index (χ0v) is 10.4. The lowest BCUT2D eigenvalue weighted by Crippen LogP contribution is -2.26.